The highest BCUT2D eigenvalue weighted by atomic mass is 35.5. The van der Waals surface area contributed by atoms with Crippen LogP contribution in [0.3, 0.4) is 0 Å². The van der Waals surface area contributed by atoms with E-state index in [4.69, 9.17) is 16.7 Å². The van der Waals surface area contributed by atoms with Crippen molar-refractivity contribution in [3.05, 3.63) is 35.4 Å². The maximum atomic E-state index is 10.6. The molecule has 0 bridgehead atoms. The van der Waals surface area contributed by atoms with E-state index in [1.165, 1.54) is 0 Å². The molecule has 0 radical (unpaired) electrons. The normalized spacial score (nSPS) is 25.2. The molecule has 1 fully saturated rings. The molecule has 4 nitrogen and oxygen atoms in total. The Morgan fingerprint density at radius 3 is 2.45 bits per heavy atom. The van der Waals surface area contributed by atoms with Crippen molar-refractivity contribution in [2.24, 2.45) is 5.92 Å². The van der Waals surface area contributed by atoms with Gasteiger partial charge in [-0.25, -0.2) is 0 Å². The smallest absolute Gasteiger partial charge is 0.303 e. The second-order valence-electron chi connectivity index (χ2n) is 8.53. The summed E-state index contributed by atoms with van der Waals surface area (Å²) < 4.78 is 0. The first-order chi connectivity index (χ1) is 13.9. The fourth-order valence-corrected chi connectivity index (χ4v) is 5.06. The number of carboxylic acid groups (broad SMARTS) is 1. The Hall–Kier alpha value is -1.10. The van der Waals surface area contributed by atoms with Crippen LogP contribution in [0, 0.1) is 5.92 Å². The van der Waals surface area contributed by atoms with Gasteiger partial charge in [-0.2, -0.15) is 0 Å². The van der Waals surface area contributed by atoms with Crippen molar-refractivity contribution >= 4 is 17.6 Å². The fourth-order valence-electron chi connectivity index (χ4n) is 4.60. The lowest BCUT2D eigenvalue weighted by atomic mass is 9.83. The summed E-state index contributed by atoms with van der Waals surface area (Å²) in [6.07, 6.45) is 8.68. The van der Waals surface area contributed by atoms with Crippen LogP contribution in [0.4, 0.5) is 0 Å². The van der Waals surface area contributed by atoms with E-state index in [0.717, 1.165) is 68.9 Å². The molecule has 0 spiro atoms. The molecule has 0 aliphatic heterocycles. The summed E-state index contributed by atoms with van der Waals surface area (Å²) in [7, 11) is 0. The molecule has 0 heterocycles. The predicted molar refractivity (Wildman–Crippen MR) is 117 cm³/mol. The number of aliphatic carboxylic acids is 1. The summed E-state index contributed by atoms with van der Waals surface area (Å²) in [6.45, 7) is 2.16. The Morgan fingerprint density at radius 1 is 1.10 bits per heavy atom. The highest BCUT2D eigenvalue weighted by Crippen LogP contribution is 2.45. The molecule has 1 aromatic rings. The number of aliphatic hydroxyl groups excluding tert-OH is 2. The third-order valence-electron chi connectivity index (χ3n) is 6.27. The van der Waals surface area contributed by atoms with Gasteiger partial charge < -0.3 is 15.3 Å². The first kappa shape index (κ1) is 24.2. The van der Waals surface area contributed by atoms with Crippen molar-refractivity contribution in [2.75, 3.05) is 0 Å². The number of carboxylic acids is 1. The molecule has 1 aliphatic rings. The molecule has 2 rings (SSSR count). The number of alkyl halides is 1. The zero-order valence-electron chi connectivity index (χ0n) is 17.6. The summed E-state index contributed by atoms with van der Waals surface area (Å²) in [4.78, 5) is 10.6. The monoisotopic (exact) mass is 424 g/mol. The van der Waals surface area contributed by atoms with Gasteiger partial charge in [0.15, 0.2) is 0 Å². The van der Waals surface area contributed by atoms with Crippen LogP contribution in [0.1, 0.15) is 101 Å². The maximum absolute atomic E-state index is 10.6. The maximum Gasteiger partial charge on any atom is 0.303 e. The molecule has 164 valence electrons. The molecular weight excluding hydrogens is 388 g/mol. The van der Waals surface area contributed by atoms with Crippen LogP contribution in [0.15, 0.2) is 24.3 Å². The lowest BCUT2D eigenvalue weighted by Gasteiger charge is -2.24. The highest BCUT2D eigenvalue weighted by Gasteiger charge is 2.41. The Morgan fingerprint density at radius 2 is 1.79 bits per heavy atom. The Bertz CT molecular complexity index is 603. The van der Waals surface area contributed by atoms with Crippen LogP contribution in [-0.2, 0) is 4.79 Å². The van der Waals surface area contributed by atoms with Gasteiger partial charge in [-0.3, -0.25) is 4.79 Å². The quantitative estimate of drug-likeness (QED) is 0.276. The van der Waals surface area contributed by atoms with Gasteiger partial charge in [-0.05, 0) is 42.7 Å². The third kappa shape index (κ3) is 7.58. The number of rotatable bonds is 13. The van der Waals surface area contributed by atoms with E-state index in [1.54, 1.807) is 0 Å². The molecule has 5 atom stereocenters. The Kier molecular flexibility index (Phi) is 10.5. The largest absolute Gasteiger partial charge is 0.481 e. The van der Waals surface area contributed by atoms with Gasteiger partial charge in [0.05, 0.1) is 12.2 Å². The van der Waals surface area contributed by atoms with Gasteiger partial charge in [0.2, 0.25) is 0 Å². The molecule has 5 heteroatoms. The predicted octanol–water partition coefficient (Wildman–Crippen LogP) is 5.80. The van der Waals surface area contributed by atoms with E-state index in [9.17, 15) is 15.0 Å². The topological polar surface area (TPSA) is 77.8 Å². The number of hydrogen-bond donors (Lipinski definition) is 3. The van der Waals surface area contributed by atoms with Gasteiger partial charge in [-0.1, -0.05) is 69.7 Å². The van der Waals surface area contributed by atoms with Gasteiger partial charge in [0.1, 0.15) is 0 Å². The van der Waals surface area contributed by atoms with Gasteiger partial charge in [-0.15, -0.1) is 11.6 Å². The van der Waals surface area contributed by atoms with Crippen molar-refractivity contribution in [2.45, 2.75) is 101 Å². The molecule has 0 aromatic heterocycles. The molecule has 0 saturated heterocycles. The zero-order valence-corrected chi connectivity index (χ0v) is 18.4. The van der Waals surface area contributed by atoms with E-state index < -0.39 is 18.2 Å². The minimum absolute atomic E-state index is 0.0304. The number of carbonyl (C=O) groups is 1. The summed E-state index contributed by atoms with van der Waals surface area (Å²) >= 11 is 6.57. The van der Waals surface area contributed by atoms with E-state index in [2.05, 4.69) is 6.92 Å². The number of hydrogen-bond acceptors (Lipinski definition) is 3. The van der Waals surface area contributed by atoms with E-state index >= 15 is 0 Å². The van der Waals surface area contributed by atoms with Crippen LogP contribution in [-0.4, -0.2) is 32.8 Å². The summed E-state index contributed by atoms with van der Waals surface area (Å²) in [5, 5.41) is 29.7. The molecule has 1 aliphatic carbocycles. The van der Waals surface area contributed by atoms with Gasteiger partial charge >= 0.3 is 5.97 Å². The summed E-state index contributed by atoms with van der Waals surface area (Å²) in [5.41, 5.74) is 2.04. The molecular formula is C24H37ClO4. The van der Waals surface area contributed by atoms with Crippen molar-refractivity contribution in [1.82, 2.24) is 0 Å². The summed E-state index contributed by atoms with van der Waals surface area (Å²) in [5.74, 6) is -0.474. The molecule has 0 amide bonds. The van der Waals surface area contributed by atoms with Crippen molar-refractivity contribution in [3.8, 4) is 0 Å². The van der Waals surface area contributed by atoms with E-state index in [-0.39, 0.29) is 23.6 Å². The second kappa shape index (κ2) is 12.6. The molecule has 1 saturated carbocycles. The van der Waals surface area contributed by atoms with Crippen LogP contribution >= 0.6 is 11.6 Å². The van der Waals surface area contributed by atoms with Gasteiger partial charge in [0, 0.05) is 17.7 Å². The average Bonchev–Trinajstić information content (AvgIpc) is 2.97. The summed E-state index contributed by atoms with van der Waals surface area (Å²) in [6, 6.07) is 8.06. The zero-order chi connectivity index (χ0) is 21.2. The number of aliphatic hydroxyl groups is 2. The van der Waals surface area contributed by atoms with Crippen LogP contribution < -0.4 is 0 Å². The van der Waals surface area contributed by atoms with Crippen molar-refractivity contribution < 1.29 is 20.1 Å². The average molecular weight is 425 g/mol. The minimum Gasteiger partial charge on any atom is -0.481 e. The second-order valence-corrected chi connectivity index (χ2v) is 9.09. The highest BCUT2D eigenvalue weighted by molar-refractivity contribution is 6.21. The third-order valence-corrected chi connectivity index (χ3v) is 6.77. The van der Waals surface area contributed by atoms with Gasteiger partial charge in [0.25, 0.3) is 0 Å². The van der Waals surface area contributed by atoms with E-state index in [0.29, 0.717) is 6.42 Å². The molecule has 29 heavy (non-hydrogen) atoms. The number of unbranched alkanes of at least 4 members (excludes halogenated alkanes) is 5. The lowest BCUT2D eigenvalue weighted by Crippen LogP contribution is -2.19. The number of halogens is 1. The van der Waals surface area contributed by atoms with Crippen LogP contribution in [0.2, 0.25) is 0 Å². The Labute approximate surface area is 180 Å². The van der Waals surface area contributed by atoms with Crippen LogP contribution in [0.25, 0.3) is 0 Å². The first-order valence-corrected chi connectivity index (χ1v) is 11.7. The fraction of sp³-hybridized carbons (Fsp3) is 0.708. The number of benzene rings is 1. The molecule has 3 N–H and O–H groups in total. The van der Waals surface area contributed by atoms with Crippen molar-refractivity contribution in [1.29, 1.82) is 0 Å². The first-order valence-electron chi connectivity index (χ1n) is 11.3. The van der Waals surface area contributed by atoms with Crippen LogP contribution in [0.5, 0.6) is 0 Å². The molecule has 1 aromatic carbocycles. The Balaban J connectivity index is 1.91. The lowest BCUT2D eigenvalue weighted by molar-refractivity contribution is -0.137. The minimum atomic E-state index is -0.733. The standard InChI is InChI=1S/C24H37ClO4/c1-2-3-6-10-21(26)17-12-14-18(15-13-17)24-19(20(25)16-22(24)27)9-7-4-5-8-11-23(28)29/h12-15,19-22,24,26-27H,2-11,16H2,1H3,(H,28,29)/t19-,20+,21?,22+,24+/m0/s1. The van der Waals surface area contributed by atoms with E-state index in [1.807, 2.05) is 24.3 Å². The van der Waals surface area contributed by atoms with Crippen molar-refractivity contribution in [3.63, 3.8) is 0 Å². The molecule has 1 unspecified atom stereocenters. The SMILES string of the molecule is CCCCCC(O)c1ccc([C@@H]2[C@@H](CCCCCCC(=O)O)[C@H](Cl)C[C@H]2O)cc1.